The average molecular weight is 353 g/mol. The first kappa shape index (κ1) is 20.2. The Hall–Kier alpha value is -1.86. The molecule has 0 fully saturated rings. The van der Waals surface area contributed by atoms with Crippen molar-refractivity contribution in [3.8, 4) is 0 Å². The lowest BCUT2D eigenvalue weighted by atomic mass is 9.99. The van der Waals surface area contributed by atoms with Crippen LogP contribution in [0.2, 0.25) is 25.7 Å². The molecule has 0 saturated carbocycles. The molecular weight excluding hydrogens is 324 g/mol. The summed E-state index contributed by atoms with van der Waals surface area (Å²) in [5.41, 5.74) is 0.996. The van der Waals surface area contributed by atoms with Crippen LogP contribution in [0.15, 0.2) is 34.9 Å². The lowest BCUT2D eigenvalue weighted by Gasteiger charge is -2.20. The fraction of sp³-hybridized carbons (Fsp3) is 0.529. The molecule has 0 aliphatic heterocycles. The molecule has 0 aromatic heterocycles. The standard InChI is InChI=1S/C17H28N2O4Si/c1-12(20)17(19-11-23-7-8-24(4,5)6)13-9-15(21-2)16(22-3)10-14(13)18/h9-10,18-19H,7-8,11H2,1-6H3/b17-13-,18-14?. The van der Waals surface area contributed by atoms with Gasteiger partial charge in [0.2, 0.25) is 0 Å². The number of rotatable bonds is 9. The van der Waals surface area contributed by atoms with Crippen LogP contribution in [0.1, 0.15) is 6.92 Å². The van der Waals surface area contributed by atoms with E-state index in [2.05, 4.69) is 25.0 Å². The summed E-state index contributed by atoms with van der Waals surface area (Å²) in [5, 5.41) is 11.1. The topological polar surface area (TPSA) is 80.6 Å². The third-order valence-electron chi connectivity index (χ3n) is 3.49. The van der Waals surface area contributed by atoms with E-state index in [0.717, 1.165) is 6.04 Å². The molecule has 0 radical (unpaired) electrons. The Morgan fingerprint density at radius 1 is 1.17 bits per heavy atom. The minimum absolute atomic E-state index is 0.162. The molecule has 7 heteroatoms. The molecule has 134 valence electrons. The van der Waals surface area contributed by atoms with Crippen LogP contribution in [0.25, 0.3) is 0 Å². The van der Waals surface area contributed by atoms with Gasteiger partial charge >= 0.3 is 0 Å². The van der Waals surface area contributed by atoms with Crippen molar-refractivity contribution in [3.05, 3.63) is 34.9 Å². The zero-order valence-electron chi connectivity index (χ0n) is 15.4. The molecule has 0 unspecified atom stereocenters. The summed E-state index contributed by atoms with van der Waals surface area (Å²) in [6, 6.07) is 1.06. The average Bonchev–Trinajstić information content (AvgIpc) is 2.49. The molecule has 1 aliphatic rings. The summed E-state index contributed by atoms with van der Waals surface area (Å²) in [7, 11) is 1.89. The van der Waals surface area contributed by atoms with E-state index >= 15 is 0 Å². The highest BCUT2D eigenvalue weighted by atomic mass is 28.3. The molecule has 0 aromatic rings. The van der Waals surface area contributed by atoms with E-state index in [9.17, 15) is 4.79 Å². The quantitative estimate of drug-likeness (QED) is 0.289. The lowest BCUT2D eigenvalue weighted by Crippen LogP contribution is -2.28. The Bertz CT molecular complexity index is 586. The monoisotopic (exact) mass is 352 g/mol. The Kier molecular flexibility index (Phi) is 7.43. The number of hydrogen-bond acceptors (Lipinski definition) is 6. The lowest BCUT2D eigenvalue weighted by molar-refractivity contribution is -0.114. The van der Waals surface area contributed by atoms with Gasteiger partial charge in [-0.05, 0) is 12.1 Å². The van der Waals surface area contributed by atoms with Crippen molar-refractivity contribution < 1.29 is 19.0 Å². The summed E-state index contributed by atoms with van der Waals surface area (Å²) >= 11 is 0. The second-order valence-electron chi connectivity index (χ2n) is 6.72. The summed E-state index contributed by atoms with van der Waals surface area (Å²) < 4.78 is 16.0. The van der Waals surface area contributed by atoms with Crippen LogP contribution in [0.3, 0.4) is 0 Å². The van der Waals surface area contributed by atoms with Gasteiger partial charge in [0.25, 0.3) is 0 Å². The fourth-order valence-corrected chi connectivity index (χ4v) is 2.83. The first-order chi connectivity index (χ1) is 11.2. The van der Waals surface area contributed by atoms with Crippen LogP contribution in [0, 0.1) is 5.41 Å². The predicted molar refractivity (Wildman–Crippen MR) is 97.7 cm³/mol. The predicted octanol–water partition coefficient (Wildman–Crippen LogP) is 2.83. The van der Waals surface area contributed by atoms with E-state index in [-0.39, 0.29) is 18.2 Å². The second kappa shape index (κ2) is 8.84. The van der Waals surface area contributed by atoms with Crippen molar-refractivity contribution >= 4 is 19.6 Å². The SMILES string of the molecule is COC1=CC(=N)/C(=C(\NCOCC[Si](C)(C)C)C(C)=O)C=C1OC. The molecule has 6 nitrogen and oxygen atoms in total. The molecular formula is C17H28N2O4Si. The van der Waals surface area contributed by atoms with Crippen molar-refractivity contribution in [2.24, 2.45) is 0 Å². The minimum atomic E-state index is -1.14. The van der Waals surface area contributed by atoms with Crippen LogP contribution < -0.4 is 5.32 Å². The number of ketones is 1. The molecule has 1 rings (SSSR count). The highest BCUT2D eigenvalue weighted by Crippen LogP contribution is 2.23. The molecule has 2 N–H and O–H groups in total. The molecule has 0 heterocycles. The maximum atomic E-state index is 12.0. The summed E-state index contributed by atoms with van der Waals surface area (Å²) in [6.07, 6.45) is 3.16. The van der Waals surface area contributed by atoms with Gasteiger partial charge in [-0.3, -0.25) is 4.79 Å². The number of carbonyl (C=O) groups is 1. The van der Waals surface area contributed by atoms with E-state index in [1.807, 2.05) is 0 Å². The first-order valence-electron chi connectivity index (χ1n) is 7.87. The third-order valence-corrected chi connectivity index (χ3v) is 5.20. The zero-order chi connectivity index (χ0) is 18.3. The molecule has 0 spiro atoms. The van der Waals surface area contributed by atoms with Crippen molar-refractivity contribution in [2.45, 2.75) is 32.6 Å². The smallest absolute Gasteiger partial charge is 0.176 e. The summed E-state index contributed by atoms with van der Waals surface area (Å²) in [5.74, 6) is 0.772. The molecule has 0 aromatic carbocycles. The van der Waals surface area contributed by atoms with Gasteiger partial charge in [-0.25, -0.2) is 0 Å². The van der Waals surface area contributed by atoms with Gasteiger partial charge < -0.3 is 24.9 Å². The van der Waals surface area contributed by atoms with E-state index < -0.39 is 8.07 Å². The zero-order valence-corrected chi connectivity index (χ0v) is 16.4. The highest BCUT2D eigenvalue weighted by Gasteiger charge is 2.21. The van der Waals surface area contributed by atoms with E-state index in [1.54, 1.807) is 6.08 Å². The van der Waals surface area contributed by atoms with Crippen LogP contribution in [-0.4, -0.2) is 47.1 Å². The van der Waals surface area contributed by atoms with Crippen LogP contribution in [-0.2, 0) is 19.0 Å². The molecule has 24 heavy (non-hydrogen) atoms. The van der Waals surface area contributed by atoms with Crippen molar-refractivity contribution in [3.63, 3.8) is 0 Å². The maximum absolute atomic E-state index is 12.0. The van der Waals surface area contributed by atoms with Gasteiger partial charge in [0, 0.05) is 33.3 Å². The normalized spacial score (nSPS) is 17.0. The number of ether oxygens (including phenoxy) is 3. The van der Waals surface area contributed by atoms with Crippen molar-refractivity contribution in [1.82, 2.24) is 5.32 Å². The fourth-order valence-electron chi connectivity index (χ4n) is 2.07. The number of hydrogen-bond donors (Lipinski definition) is 2. The van der Waals surface area contributed by atoms with E-state index in [0.29, 0.717) is 29.4 Å². The molecule has 1 aliphatic carbocycles. The Balaban J connectivity index is 2.85. The molecule has 0 atom stereocenters. The van der Waals surface area contributed by atoms with Gasteiger partial charge in [0.05, 0.1) is 25.6 Å². The Morgan fingerprint density at radius 2 is 1.75 bits per heavy atom. The van der Waals surface area contributed by atoms with Gasteiger partial charge in [-0.15, -0.1) is 0 Å². The van der Waals surface area contributed by atoms with Gasteiger partial charge in [-0.2, -0.15) is 0 Å². The maximum Gasteiger partial charge on any atom is 0.176 e. The van der Waals surface area contributed by atoms with Gasteiger partial charge in [0.1, 0.15) is 6.73 Å². The number of allylic oxidation sites excluding steroid dienone is 4. The van der Waals surface area contributed by atoms with Gasteiger partial charge in [-0.1, -0.05) is 19.6 Å². The van der Waals surface area contributed by atoms with Gasteiger partial charge in [0.15, 0.2) is 17.3 Å². The van der Waals surface area contributed by atoms with Crippen molar-refractivity contribution in [2.75, 3.05) is 27.6 Å². The van der Waals surface area contributed by atoms with Crippen LogP contribution in [0.5, 0.6) is 0 Å². The Labute approximate surface area is 145 Å². The summed E-state index contributed by atoms with van der Waals surface area (Å²) in [4.78, 5) is 12.0. The van der Waals surface area contributed by atoms with E-state index in [1.165, 1.54) is 27.2 Å². The van der Waals surface area contributed by atoms with Crippen LogP contribution >= 0.6 is 0 Å². The van der Waals surface area contributed by atoms with Crippen LogP contribution in [0.4, 0.5) is 0 Å². The number of Topliss-reactive ketones (excluding diaryl/α,β-unsaturated/α-hetero) is 1. The minimum Gasteiger partial charge on any atom is -0.493 e. The number of methoxy groups -OCH3 is 2. The van der Waals surface area contributed by atoms with E-state index in [4.69, 9.17) is 19.6 Å². The highest BCUT2D eigenvalue weighted by molar-refractivity contribution is 6.76. The first-order valence-corrected chi connectivity index (χ1v) is 11.6. The largest absolute Gasteiger partial charge is 0.493 e. The Morgan fingerprint density at radius 3 is 2.25 bits per heavy atom. The number of nitrogens with one attached hydrogen (secondary N) is 2. The second-order valence-corrected chi connectivity index (χ2v) is 12.3. The molecule has 0 bridgehead atoms. The number of carbonyl (C=O) groups excluding carboxylic acids is 1. The summed E-state index contributed by atoms with van der Waals surface area (Å²) in [6.45, 7) is 9.20. The third kappa shape index (κ3) is 5.97. The molecule has 0 amide bonds. The molecule has 0 saturated heterocycles. The van der Waals surface area contributed by atoms with Crippen molar-refractivity contribution in [1.29, 1.82) is 5.41 Å².